The Morgan fingerprint density at radius 3 is 2.52 bits per heavy atom. The highest BCUT2D eigenvalue weighted by Crippen LogP contribution is 2.40. The molecule has 0 aromatic carbocycles. The van der Waals surface area contributed by atoms with Crippen LogP contribution in [-0.2, 0) is 12.7 Å². The molecule has 0 bridgehead atoms. The molecule has 152 valence electrons. The molecule has 3 heterocycles. The molecule has 29 heavy (non-hydrogen) atoms. The molecule has 1 aliphatic carbocycles. The Labute approximate surface area is 163 Å². The van der Waals surface area contributed by atoms with Gasteiger partial charge >= 0.3 is 6.18 Å². The Morgan fingerprint density at radius 1 is 1.21 bits per heavy atom. The number of nitrogens with one attached hydrogen (secondary N) is 2. The maximum atomic E-state index is 12.8. The van der Waals surface area contributed by atoms with E-state index in [4.69, 9.17) is 4.42 Å². The van der Waals surface area contributed by atoms with Gasteiger partial charge in [0.05, 0.1) is 23.1 Å². The van der Waals surface area contributed by atoms with E-state index in [1.54, 1.807) is 6.92 Å². The Hall–Kier alpha value is -3.24. The number of anilines is 1. The van der Waals surface area contributed by atoms with E-state index in [1.165, 1.54) is 6.33 Å². The minimum atomic E-state index is -4.52. The zero-order chi connectivity index (χ0) is 20.8. The fraction of sp³-hybridized carbons (Fsp3) is 0.389. The van der Waals surface area contributed by atoms with Gasteiger partial charge in [0.15, 0.2) is 0 Å². The molecular weight excluding hydrogens is 389 g/mol. The highest BCUT2D eigenvalue weighted by molar-refractivity contribution is 6.10. The predicted octanol–water partition coefficient (Wildman–Crippen LogP) is 3.23. The second kappa shape index (κ2) is 6.68. The number of hydrogen-bond donors (Lipinski definition) is 2. The van der Waals surface area contributed by atoms with Crippen LogP contribution >= 0.6 is 0 Å². The van der Waals surface area contributed by atoms with Crippen LogP contribution in [-0.4, -0.2) is 31.4 Å². The summed E-state index contributed by atoms with van der Waals surface area (Å²) in [5, 5.41) is 6.39. The number of nitrogens with zero attached hydrogens (tertiary/aromatic N) is 4. The minimum absolute atomic E-state index is 0.0527. The topological polar surface area (TPSA) is 106 Å². The van der Waals surface area contributed by atoms with Crippen LogP contribution in [0.4, 0.5) is 19.0 Å². The lowest BCUT2D eigenvalue weighted by molar-refractivity contribution is -0.138. The molecule has 8 nitrogen and oxygen atoms in total. The number of rotatable bonds is 5. The third-order valence-electron chi connectivity index (χ3n) is 4.75. The summed E-state index contributed by atoms with van der Waals surface area (Å²) in [6.07, 6.45) is 0.176. The van der Waals surface area contributed by atoms with E-state index in [-0.39, 0.29) is 29.2 Å². The van der Waals surface area contributed by atoms with Crippen LogP contribution in [0.3, 0.4) is 0 Å². The number of amides is 1. The quantitative estimate of drug-likeness (QED) is 0.670. The SMILES string of the molecule is Cc1oc2ncnc(NC3(C)CC3)c2c1C(=O)NCc1ncc(C(F)(F)F)cn1. The van der Waals surface area contributed by atoms with Gasteiger partial charge in [-0.05, 0) is 26.7 Å². The lowest BCUT2D eigenvalue weighted by atomic mass is 10.1. The van der Waals surface area contributed by atoms with Crippen LogP contribution < -0.4 is 10.6 Å². The van der Waals surface area contributed by atoms with Gasteiger partial charge in [-0.25, -0.2) is 19.9 Å². The first-order chi connectivity index (χ1) is 13.7. The van der Waals surface area contributed by atoms with E-state index < -0.39 is 17.6 Å². The van der Waals surface area contributed by atoms with Crippen molar-refractivity contribution in [2.24, 2.45) is 0 Å². The zero-order valence-corrected chi connectivity index (χ0v) is 15.6. The number of furan rings is 1. The van der Waals surface area contributed by atoms with E-state index in [2.05, 4.69) is 37.5 Å². The van der Waals surface area contributed by atoms with Gasteiger partial charge in [0.25, 0.3) is 5.91 Å². The lowest BCUT2D eigenvalue weighted by Gasteiger charge is -2.13. The first-order valence-electron chi connectivity index (χ1n) is 8.85. The standard InChI is InChI=1S/C18H17F3N6O2/c1-9-12(13-14(27-17(2)3-4-17)25-8-26-16(13)29-9)15(28)24-7-11-22-5-10(6-23-11)18(19,20)21/h5-6,8H,3-4,7H2,1-2H3,(H,24,28)(H,25,26,27). The number of hydrogen-bond acceptors (Lipinski definition) is 7. The van der Waals surface area contributed by atoms with Gasteiger partial charge in [-0.15, -0.1) is 0 Å². The number of fused-ring (bicyclic) bond motifs is 1. The highest BCUT2D eigenvalue weighted by atomic mass is 19.4. The van der Waals surface area contributed by atoms with Gasteiger partial charge in [-0.2, -0.15) is 13.2 Å². The normalized spacial score (nSPS) is 15.3. The summed E-state index contributed by atoms with van der Waals surface area (Å²) >= 11 is 0. The van der Waals surface area contributed by atoms with Crippen molar-refractivity contribution < 1.29 is 22.4 Å². The number of halogens is 3. The summed E-state index contributed by atoms with van der Waals surface area (Å²) in [6, 6.07) is 0. The van der Waals surface area contributed by atoms with E-state index in [1.807, 2.05) is 0 Å². The first kappa shape index (κ1) is 19.1. The molecular formula is C18H17F3N6O2. The van der Waals surface area contributed by atoms with E-state index in [9.17, 15) is 18.0 Å². The molecule has 1 saturated carbocycles. The number of alkyl halides is 3. The van der Waals surface area contributed by atoms with Crippen LogP contribution in [0.25, 0.3) is 11.1 Å². The van der Waals surface area contributed by atoms with Gasteiger partial charge in [0.2, 0.25) is 5.71 Å². The van der Waals surface area contributed by atoms with Crippen LogP contribution in [0, 0.1) is 6.92 Å². The number of carbonyl (C=O) groups is 1. The summed E-state index contributed by atoms with van der Waals surface area (Å²) in [4.78, 5) is 28.4. The fourth-order valence-electron chi connectivity index (χ4n) is 2.85. The Bertz CT molecular complexity index is 1070. The van der Waals surface area contributed by atoms with Gasteiger partial charge < -0.3 is 15.1 Å². The second-order valence-corrected chi connectivity index (χ2v) is 7.19. The van der Waals surface area contributed by atoms with Crippen molar-refractivity contribution in [2.75, 3.05) is 5.32 Å². The fourth-order valence-corrected chi connectivity index (χ4v) is 2.85. The smallest absolute Gasteiger partial charge is 0.419 e. The molecule has 0 atom stereocenters. The summed E-state index contributed by atoms with van der Waals surface area (Å²) in [5.41, 5.74) is -0.487. The largest absolute Gasteiger partial charge is 0.442 e. The van der Waals surface area contributed by atoms with Crippen molar-refractivity contribution in [3.63, 3.8) is 0 Å². The number of aryl methyl sites for hydroxylation is 1. The molecule has 1 fully saturated rings. The second-order valence-electron chi connectivity index (χ2n) is 7.19. The Kier molecular flexibility index (Phi) is 4.39. The molecule has 0 spiro atoms. The molecule has 0 saturated heterocycles. The minimum Gasteiger partial charge on any atom is -0.442 e. The molecule has 2 N–H and O–H groups in total. The number of aromatic nitrogens is 4. The zero-order valence-electron chi connectivity index (χ0n) is 15.6. The Balaban J connectivity index is 1.56. The van der Waals surface area contributed by atoms with Crippen LogP contribution in [0.2, 0.25) is 0 Å². The molecule has 0 aliphatic heterocycles. The van der Waals surface area contributed by atoms with Crippen LogP contribution in [0.5, 0.6) is 0 Å². The molecule has 3 aromatic heterocycles. The summed E-state index contributed by atoms with van der Waals surface area (Å²) in [6.45, 7) is 3.54. The van der Waals surface area contributed by atoms with Crippen molar-refractivity contribution in [2.45, 2.75) is 44.9 Å². The molecule has 1 amide bonds. The van der Waals surface area contributed by atoms with Crippen molar-refractivity contribution in [3.8, 4) is 0 Å². The summed E-state index contributed by atoms with van der Waals surface area (Å²) < 4.78 is 43.4. The first-order valence-corrected chi connectivity index (χ1v) is 8.85. The molecule has 1 aliphatic rings. The van der Waals surface area contributed by atoms with E-state index in [0.29, 0.717) is 29.4 Å². The lowest BCUT2D eigenvalue weighted by Crippen LogP contribution is -2.25. The van der Waals surface area contributed by atoms with Gasteiger partial charge in [0, 0.05) is 17.9 Å². The van der Waals surface area contributed by atoms with Crippen LogP contribution in [0.1, 0.15) is 47.3 Å². The number of carbonyl (C=O) groups excluding carboxylic acids is 1. The molecule has 0 unspecified atom stereocenters. The van der Waals surface area contributed by atoms with Crippen molar-refractivity contribution >= 4 is 22.8 Å². The average Bonchev–Trinajstić information content (AvgIpc) is 3.27. The summed E-state index contributed by atoms with van der Waals surface area (Å²) in [5.74, 6) is 0.429. The van der Waals surface area contributed by atoms with Crippen molar-refractivity contribution in [3.05, 3.63) is 41.4 Å². The molecule has 3 aromatic rings. The average molecular weight is 406 g/mol. The van der Waals surface area contributed by atoms with E-state index in [0.717, 1.165) is 12.8 Å². The molecule has 4 rings (SSSR count). The third-order valence-corrected chi connectivity index (χ3v) is 4.75. The van der Waals surface area contributed by atoms with Gasteiger partial charge in [0.1, 0.15) is 23.7 Å². The maximum absolute atomic E-state index is 12.8. The highest BCUT2D eigenvalue weighted by Gasteiger charge is 2.38. The van der Waals surface area contributed by atoms with E-state index >= 15 is 0 Å². The third kappa shape index (κ3) is 3.84. The van der Waals surface area contributed by atoms with Crippen molar-refractivity contribution in [1.82, 2.24) is 25.3 Å². The van der Waals surface area contributed by atoms with Gasteiger partial charge in [-0.3, -0.25) is 4.79 Å². The monoisotopic (exact) mass is 406 g/mol. The molecule has 11 heteroatoms. The maximum Gasteiger partial charge on any atom is 0.419 e. The summed E-state index contributed by atoms with van der Waals surface area (Å²) in [7, 11) is 0. The Morgan fingerprint density at radius 2 is 1.90 bits per heavy atom. The predicted molar refractivity (Wildman–Crippen MR) is 96.0 cm³/mol. The molecule has 0 radical (unpaired) electrons. The van der Waals surface area contributed by atoms with Crippen LogP contribution in [0.15, 0.2) is 23.1 Å². The van der Waals surface area contributed by atoms with Crippen molar-refractivity contribution in [1.29, 1.82) is 0 Å². The van der Waals surface area contributed by atoms with Gasteiger partial charge in [-0.1, -0.05) is 0 Å².